The lowest BCUT2D eigenvalue weighted by Crippen LogP contribution is -2.30. The lowest BCUT2D eigenvalue weighted by atomic mass is 9.93. The molecule has 0 aliphatic rings. The van der Waals surface area contributed by atoms with Gasteiger partial charge in [-0.3, -0.25) is 0 Å². The minimum absolute atomic E-state index is 0.656. The highest BCUT2D eigenvalue weighted by Gasteiger charge is 2.14. The first-order chi connectivity index (χ1) is 7.74. The summed E-state index contributed by atoms with van der Waals surface area (Å²) in [6.07, 6.45) is 2.96. The highest BCUT2D eigenvalue weighted by molar-refractivity contribution is 7.09. The summed E-state index contributed by atoms with van der Waals surface area (Å²) in [7, 11) is 1.73. The van der Waals surface area contributed by atoms with Gasteiger partial charge in [0.2, 0.25) is 0 Å². The molecule has 1 unspecified atom stereocenters. The zero-order valence-electron chi connectivity index (χ0n) is 10.4. The van der Waals surface area contributed by atoms with E-state index in [0.29, 0.717) is 11.8 Å². The standard InChI is InChI=1S/C12H22N2OS/c1-10(2)11(9-13-4-6-15-3)8-12-14-5-7-16-12/h5,7,10-11,13H,4,6,8-9H2,1-3H3. The first kappa shape index (κ1) is 13.6. The van der Waals surface area contributed by atoms with Gasteiger partial charge in [0.05, 0.1) is 11.6 Å². The predicted octanol–water partition coefficient (Wildman–Crippen LogP) is 2.19. The molecule has 1 rings (SSSR count). The summed E-state index contributed by atoms with van der Waals surface area (Å²) in [5, 5.41) is 6.72. The average molecular weight is 242 g/mol. The van der Waals surface area contributed by atoms with Gasteiger partial charge in [-0.25, -0.2) is 4.98 Å². The number of aromatic nitrogens is 1. The van der Waals surface area contributed by atoms with Gasteiger partial charge in [-0.1, -0.05) is 13.8 Å². The molecule has 3 nitrogen and oxygen atoms in total. The summed E-state index contributed by atoms with van der Waals surface area (Å²) in [6.45, 7) is 7.30. The molecule has 0 spiro atoms. The molecule has 92 valence electrons. The van der Waals surface area contributed by atoms with Crippen LogP contribution in [0, 0.1) is 11.8 Å². The zero-order chi connectivity index (χ0) is 11.8. The number of hydrogen-bond acceptors (Lipinski definition) is 4. The van der Waals surface area contributed by atoms with E-state index in [4.69, 9.17) is 4.74 Å². The molecule has 0 aromatic carbocycles. The number of rotatable bonds is 8. The van der Waals surface area contributed by atoms with Crippen LogP contribution in [0.25, 0.3) is 0 Å². The van der Waals surface area contributed by atoms with Crippen LogP contribution in [0.2, 0.25) is 0 Å². The minimum atomic E-state index is 0.656. The van der Waals surface area contributed by atoms with Gasteiger partial charge in [0.25, 0.3) is 0 Å². The molecule has 0 fully saturated rings. The van der Waals surface area contributed by atoms with Gasteiger partial charge in [0.1, 0.15) is 0 Å². The van der Waals surface area contributed by atoms with Crippen molar-refractivity contribution in [3.8, 4) is 0 Å². The molecule has 1 atom stereocenters. The second-order valence-corrected chi connectivity index (χ2v) is 5.31. The first-order valence-corrected chi connectivity index (χ1v) is 6.70. The normalized spacial score (nSPS) is 13.2. The van der Waals surface area contributed by atoms with Gasteiger partial charge in [-0.2, -0.15) is 0 Å². The number of nitrogens with zero attached hydrogens (tertiary/aromatic N) is 1. The largest absolute Gasteiger partial charge is 0.383 e. The highest BCUT2D eigenvalue weighted by atomic mass is 32.1. The molecule has 4 heteroatoms. The van der Waals surface area contributed by atoms with Crippen molar-refractivity contribution in [2.24, 2.45) is 11.8 Å². The third-order valence-electron chi connectivity index (χ3n) is 2.75. The van der Waals surface area contributed by atoms with E-state index in [2.05, 4.69) is 24.1 Å². The van der Waals surface area contributed by atoms with E-state index in [0.717, 1.165) is 26.1 Å². The quantitative estimate of drug-likeness (QED) is 0.710. The second kappa shape index (κ2) is 7.76. The fourth-order valence-electron chi connectivity index (χ4n) is 1.58. The van der Waals surface area contributed by atoms with E-state index < -0.39 is 0 Å². The van der Waals surface area contributed by atoms with Crippen LogP contribution in [-0.4, -0.2) is 31.8 Å². The van der Waals surface area contributed by atoms with Crippen molar-refractivity contribution in [2.45, 2.75) is 20.3 Å². The Labute approximate surface area is 102 Å². The predicted molar refractivity (Wildman–Crippen MR) is 68.9 cm³/mol. The van der Waals surface area contributed by atoms with E-state index in [1.165, 1.54) is 5.01 Å². The summed E-state index contributed by atoms with van der Waals surface area (Å²) >= 11 is 1.75. The number of ether oxygens (including phenoxy) is 1. The van der Waals surface area contributed by atoms with Crippen LogP contribution in [0.15, 0.2) is 11.6 Å². The summed E-state index contributed by atoms with van der Waals surface area (Å²) in [4.78, 5) is 4.35. The van der Waals surface area contributed by atoms with E-state index in [9.17, 15) is 0 Å². The summed E-state index contributed by atoms with van der Waals surface area (Å²) < 4.78 is 5.02. The van der Waals surface area contributed by atoms with Crippen LogP contribution in [0.5, 0.6) is 0 Å². The molecular formula is C12H22N2OS. The molecule has 0 saturated carbocycles. The van der Waals surface area contributed by atoms with Crippen molar-refractivity contribution in [1.29, 1.82) is 0 Å². The minimum Gasteiger partial charge on any atom is -0.383 e. The number of methoxy groups -OCH3 is 1. The fourth-order valence-corrected chi connectivity index (χ4v) is 2.29. The maximum atomic E-state index is 5.02. The van der Waals surface area contributed by atoms with Gasteiger partial charge in [-0.05, 0) is 18.4 Å². The molecule has 1 N–H and O–H groups in total. The van der Waals surface area contributed by atoms with Crippen molar-refractivity contribution in [3.05, 3.63) is 16.6 Å². The van der Waals surface area contributed by atoms with Gasteiger partial charge < -0.3 is 10.1 Å². The fraction of sp³-hybridized carbons (Fsp3) is 0.750. The number of nitrogens with one attached hydrogen (secondary N) is 1. The molecule has 0 saturated heterocycles. The molecule has 0 radical (unpaired) electrons. The van der Waals surface area contributed by atoms with Gasteiger partial charge in [-0.15, -0.1) is 11.3 Å². The van der Waals surface area contributed by atoms with E-state index >= 15 is 0 Å². The third-order valence-corrected chi connectivity index (χ3v) is 3.55. The Morgan fingerprint density at radius 1 is 1.50 bits per heavy atom. The van der Waals surface area contributed by atoms with E-state index in [1.807, 2.05) is 11.6 Å². The summed E-state index contributed by atoms with van der Waals surface area (Å²) in [5.41, 5.74) is 0. The summed E-state index contributed by atoms with van der Waals surface area (Å²) in [6, 6.07) is 0. The highest BCUT2D eigenvalue weighted by Crippen LogP contribution is 2.17. The first-order valence-electron chi connectivity index (χ1n) is 5.82. The Morgan fingerprint density at radius 2 is 2.31 bits per heavy atom. The molecule has 16 heavy (non-hydrogen) atoms. The van der Waals surface area contributed by atoms with Crippen LogP contribution in [-0.2, 0) is 11.2 Å². The Kier molecular flexibility index (Phi) is 6.61. The van der Waals surface area contributed by atoms with Crippen molar-refractivity contribution in [3.63, 3.8) is 0 Å². The lowest BCUT2D eigenvalue weighted by molar-refractivity contribution is 0.196. The van der Waals surface area contributed by atoms with Crippen molar-refractivity contribution >= 4 is 11.3 Å². The molecule has 0 aliphatic heterocycles. The molecule has 0 amide bonds. The third kappa shape index (κ3) is 5.05. The SMILES string of the molecule is COCCNCC(Cc1nccs1)C(C)C. The molecular weight excluding hydrogens is 220 g/mol. The van der Waals surface area contributed by atoms with Crippen LogP contribution in [0.4, 0.5) is 0 Å². The molecule has 0 aliphatic carbocycles. The van der Waals surface area contributed by atoms with Gasteiger partial charge in [0, 0.05) is 31.7 Å². The molecule has 1 heterocycles. The summed E-state index contributed by atoms with van der Waals surface area (Å²) in [5.74, 6) is 1.34. The maximum Gasteiger partial charge on any atom is 0.0928 e. The number of hydrogen-bond donors (Lipinski definition) is 1. The Bertz CT molecular complexity index is 262. The van der Waals surface area contributed by atoms with Crippen molar-refractivity contribution in [2.75, 3.05) is 26.8 Å². The molecule has 1 aromatic heterocycles. The van der Waals surface area contributed by atoms with Crippen LogP contribution < -0.4 is 5.32 Å². The Balaban J connectivity index is 2.30. The number of thiazole rings is 1. The smallest absolute Gasteiger partial charge is 0.0928 e. The van der Waals surface area contributed by atoms with E-state index in [1.54, 1.807) is 18.4 Å². The average Bonchev–Trinajstić information content (AvgIpc) is 2.75. The molecule has 1 aromatic rings. The Morgan fingerprint density at radius 3 is 2.88 bits per heavy atom. The van der Waals surface area contributed by atoms with Crippen molar-refractivity contribution in [1.82, 2.24) is 10.3 Å². The maximum absolute atomic E-state index is 5.02. The van der Waals surface area contributed by atoms with Gasteiger partial charge >= 0.3 is 0 Å². The van der Waals surface area contributed by atoms with Crippen LogP contribution >= 0.6 is 11.3 Å². The monoisotopic (exact) mass is 242 g/mol. The van der Waals surface area contributed by atoms with Crippen LogP contribution in [0.1, 0.15) is 18.9 Å². The Hall–Kier alpha value is -0.450. The van der Waals surface area contributed by atoms with Crippen molar-refractivity contribution < 1.29 is 4.74 Å². The second-order valence-electron chi connectivity index (χ2n) is 4.33. The van der Waals surface area contributed by atoms with Crippen LogP contribution in [0.3, 0.4) is 0 Å². The van der Waals surface area contributed by atoms with Gasteiger partial charge in [0.15, 0.2) is 0 Å². The molecule has 0 bridgehead atoms. The lowest BCUT2D eigenvalue weighted by Gasteiger charge is -2.20. The topological polar surface area (TPSA) is 34.1 Å². The van der Waals surface area contributed by atoms with E-state index in [-0.39, 0.29) is 0 Å². The zero-order valence-corrected chi connectivity index (χ0v) is 11.2.